The summed E-state index contributed by atoms with van der Waals surface area (Å²) < 4.78 is 28.0. The van der Waals surface area contributed by atoms with E-state index in [1.165, 1.54) is 23.1 Å². The van der Waals surface area contributed by atoms with Crippen LogP contribution >= 0.6 is 23.1 Å². The maximum Gasteiger partial charge on any atom is 0.205 e. The second kappa shape index (κ2) is 7.87. The molecule has 8 heteroatoms. The molecule has 28 heavy (non-hydrogen) atoms. The molecule has 0 fully saturated rings. The molecular weight excluding hydrogens is 412 g/mol. The number of nitrogens with two attached hydrogens (primary N) is 1. The predicted molar refractivity (Wildman–Crippen MR) is 116 cm³/mol. The molecule has 148 valence electrons. The Labute approximate surface area is 173 Å². The Kier molecular flexibility index (Phi) is 5.86. The first kappa shape index (κ1) is 20.9. The summed E-state index contributed by atoms with van der Waals surface area (Å²) in [4.78, 5) is 0.394. The van der Waals surface area contributed by atoms with Crippen molar-refractivity contribution in [3.05, 3.63) is 70.0 Å². The lowest BCUT2D eigenvalue weighted by molar-refractivity contribution is 0.165. The van der Waals surface area contributed by atoms with Crippen molar-refractivity contribution in [1.82, 2.24) is 0 Å². The van der Waals surface area contributed by atoms with Gasteiger partial charge in [-0.1, -0.05) is 49.4 Å². The van der Waals surface area contributed by atoms with Crippen LogP contribution in [-0.4, -0.2) is 32.2 Å². The highest BCUT2D eigenvalue weighted by molar-refractivity contribution is 8.00. The quantitative estimate of drug-likeness (QED) is 0.365. The maximum atomic E-state index is 13.6. The molecule has 1 aromatic carbocycles. The molecule has 1 aliphatic rings. The van der Waals surface area contributed by atoms with Gasteiger partial charge in [0.2, 0.25) is 9.84 Å². The molecule has 0 spiro atoms. The number of hydrogen-bond donors (Lipinski definition) is 3. The first-order valence-corrected chi connectivity index (χ1v) is 12.1. The third-order valence-electron chi connectivity index (χ3n) is 4.99. The highest BCUT2D eigenvalue weighted by atomic mass is 32.2. The van der Waals surface area contributed by atoms with Gasteiger partial charge in [0.05, 0.1) is 25.5 Å². The molecule has 2 aromatic rings. The van der Waals surface area contributed by atoms with E-state index in [9.17, 15) is 13.5 Å². The number of benzene rings is 1. The van der Waals surface area contributed by atoms with Gasteiger partial charge in [-0.3, -0.25) is 5.41 Å². The predicted octanol–water partition coefficient (Wildman–Crippen LogP) is 3.76. The van der Waals surface area contributed by atoms with Crippen molar-refractivity contribution in [2.75, 3.05) is 12.9 Å². The number of nitrogens with one attached hydrogen (secondary N) is 1. The number of nitrogen functional groups attached to an aromatic ring is 1. The summed E-state index contributed by atoms with van der Waals surface area (Å²) in [6.07, 6.45) is 7.03. The Hall–Kier alpha value is -1.87. The number of allylic oxidation sites excluding steroid dienone is 3. The molecule has 0 radical (unpaired) electrons. The van der Waals surface area contributed by atoms with Crippen LogP contribution in [0.2, 0.25) is 0 Å². The fourth-order valence-corrected chi connectivity index (χ4v) is 7.48. The zero-order valence-electron chi connectivity index (χ0n) is 15.5. The minimum absolute atomic E-state index is 0.0300. The highest BCUT2D eigenvalue weighted by Gasteiger charge is 2.45. The van der Waals surface area contributed by atoms with Crippen LogP contribution in [0.5, 0.6) is 0 Å². The molecule has 0 saturated carbocycles. The number of aliphatic hydroxyl groups is 1. The van der Waals surface area contributed by atoms with Gasteiger partial charge in [0.15, 0.2) is 0 Å². The Morgan fingerprint density at radius 3 is 2.61 bits per heavy atom. The van der Waals surface area contributed by atoms with Gasteiger partial charge in [0, 0.05) is 11.3 Å². The van der Waals surface area contributed by atoms with Gasteiger partial charge in [0.1, 0.15) is 5.84 Å². The van der Waals surface area contributed by atoms with Crippen molar-refractivity contribution in [1.29, 1.82) is 5.41 Å². The topological polar surface area (TPSA) is 104 Å². The van der Waals surface area contributed by atoms with E-state index in [2.05, 4.69) is 0 Å². The molecule has 4 N–H and O–H groups in total. The lowest BCUT2D eigenvalue weighted by Gasteiger charge is -2.38. The van der Waals surface area contributed by atoms with Crippen LogP contribution in [0.3, 0.4) is 0 Å². The smallest absolute Gasteiger partial charge is 0.205 e. The first-order valence-electron chi connectivity index (χ1n) is 8.57. The van der Waals surface area contributed by atoms with Crippen LogP contribution in [0.1, 0.15) is 23.3 Å². The molecular formula is C20H22N2O3S3. The van der Waals surface area contributed by atoms with E-state index in [4.69, 9.17) is 11.1 Å². The van der Waals surface area contributed by atoms with Crippen LogP contribution in [0.25, 0.3) is 0 Å². The second-order valence-electron chi connectivity index (χ2n) is 6.76. The van der Waals surface area contributed by atoms with Gasteiger partial charge < -0.3 is 10.8 Å². The summed E-state index contributed by atoms with van der Waals surface area (Å²) >= 11 is 2.60. The third-order valence-corrected chi connectivity index (χ3v) is 9.43. The van der Waals surface area contributed by atoms with Crippen LogP contribution < -0.4 is 5.73 Å². The van der Waals surface area contributed by atoms with Crippen molar-refractivity contribution < 1.29 is 13.5 Å². The van der Waals surface area contributed by atoms with Crippen LogP contribution in [-0.2, 0) is 9.84 Å². The third kappa shape index (κ3) is 3.45. The monoisotopic (exact) mass is 434 g/mol. The van der Waals surface area contributed by atoms with Crippen molar-refractivity contribution >= 4 is 38.8 Å². The zero-order valence-corrected chi connectivity index (χ0v) is 18.0. The second-order valence-corrected chi connectivity index (χ2v) is 10.8. The highest BCUT2D eigenvalue weighted by Crippen LogP contribution is 2.49. The molecule has 3 rings (SSSR count). The van der Waals surface area contributed by atoms with E-state index in [-0.39, 0.29) is 33.0 Å². The normalized spacial score (nSPS) is 22.1. The van der Waals surface area contributed by atoms with Gasteiger partial charge in [-0.05, 0) is 24.0 Å². The summed E-state index contributed by atoms with van der Waals surface area (Å²) in [6.45, 7) is 1.42. The number of sulfone groups is 1. The van der Waals surface area contributed by atoms with Crippen molar-refractivity contribution in [2.45, 2.75) is 21.9 Å². The molecule has 1 aromatic heterocycles. The molecule has 2 atom stereocenters. The molecule has 0 aliphatic heterocycles. The maximum absolute atomic E-state index is 13.6. The molecule has 2 unspecified atom stereocenters. The Balaban J connectivity index is 2.17. The molecule has 0 bridgehead atoms. The van der Waals surface area contributed by atoms with E-state index >= 15 is 0 Å². The summed E-state index contributed by atoms with van der Waals surface area (Å²) in [5.74, 6) is -0.575. The number of rotatable bonds is 6. The Bertz CT molecular complexity index is 1060. The van der Waals surface area contributed by atoms with Crippen molar-refractivity contribution in [2.24, 2.45) is 11.1 Å². The summed E-state index contributed by atoms with van der Waals surface area (Å²) in [6, 6.07) is 11.1. The molecule has 0 amide bonds. The SMILES string of the molecule is CSc1cc(S(=O)(=O)C2=CC=CC(c3ccccc3)C2(C)CO)c(C(=N)N)s1. The minimum atomic E-state index is -3.96. The van der Waals surface area contributed by atoms with Gasteiger partial charge in [-0.25, -0.2) is 8.42 Å². The first-order chi connectivity index (χ1) is 13.3. The van der Waals surface area contributed by atoms with Crippen LogP contribution in [0.15, 0.2) is 68.6 Å². The average molecular weight is 435 g/mol. The van der Waals surface area contributed by atoms with E-state index < -0.39 is 15.3 Å². The van der Waals surface area contributed by atoms with Crippen molar-refractivity contribution in [3.8, 4) is 0 Å². The number of thiophene rings is 1. The number of thioether (sulfide) groups is 1. The average Bonchev–Trinajstić information content (AvgIpc) is 3.14. The summed E-state index contributed by atoms with van der Waals surface area (Å²) in [5.41, 5.74) is 5.56. The standard InChI is InChI=1S/C20H22N2O3S3/c1-20(12-23)14(13-7-4-3-5-8-13)9-6-10-16(20)28(24,25)15-11-17(26-2)27-18(15)19(21)22/h3-11,14,23H,12H2,1-2H3,(H3,21,22). The molecule has 1 aliphatic carbocycles. The van der Waals surface area contributed by atoms with E-state index in [0.717, 1.165) is 9.77 Å². The van der Waals surface area contributed by atoms with E-state index in [0.29, 0.717) is 0 Å². The molecule has 1 heterocycles. The minimum Gasteiger partial charge on any atom is -0.395 e. The lowest BCUT2D eigenvalue weighted by atomic mass is 9.71. The van der Waals surface area contributed by atoms with Crippen LogP contribution in [0.4, 0.5) is 0 Å². The van der Waals surface area contributed by atoms with Gasteiger partial charge in [-0.15, -0.1) is 23.1 Å². The number of amidine groups is 1. The zero-order chi connectivity index (χ0) is 20.5. The summed E-state index contributed by atoms with van der Waals surface area (Å²) in [7, 11) is -3.96. The van der Waals surface area contributed by atoms with E-state index in [1.807, 2.05) is 42.7 Å². The number of hydrogen-bond acceptors (Lipinski definition) is 6. The Morgan fingerprint density at radius 2 is 2.04 bits per heavy atom. The number of aliphatic hydroxyl groups excluding tert-OH is 1. The fourth-order valence-electron chi connectivity index (χ4n) is 3.48. The van der Waals surface area contributed by atoms with Gasteiger partial charge in [-0.2, -0.15) is 0 Å². The molecule has 5 nitrogen and oxygen atoms in total. The molecule has 0 saturated heterocycles. The largest absolute Gasteiger partial charge is 0.395 e. The van der Waals surface area contributed by atoms with Gasteiger partial charge in [0.25, 0.3) is 0 Å². The fraction of sp³-hybridized carbons (Fsp3) is 0.250. The van der Waals surface area contributed by atoms with Crippen molar-refractivity contribution in [3.63, 3.8) is 0 Å². The van der Waals surface area contributed by atoms with Gasteiger partial charge >= 0.3 is 0 Å². The summed E-state index contributed by atoms with van der Waals surface area (Å²) in [5, 5.41) is 18.1. The van der Waals surface area contributed by atoms with Crippen LogP contribution in [0, 0.1) is 10.8 Å². The lowest BCUT2D eigenvalue weighted by Crippen LogP contribution is -2.36. The Morgan fingerprint density at radius 1 is 1.36 bits per heavy atom. The van der Waals surface area contributed by atoms with E-state index in [1.54, 1.807) is 25.1 Å².